The van der Waals surface area contributed by atoms with Crippen molar-refractivity contribution in [1.82, 2.24) is 0 Å². The molecule has 2 aromatic carbocycles. The van der Waals surface area contributed by atoms with E-state index in [0.29, 0.717) is 57.6 Å². The molecule has 0 aliphatic heterocycles. The predicted octanol–water partition coefficient (Wildman–Crippen LogP) is 4.19. The predicted molar refractivity (Wildman–Crippen MR) is 118 cm³/mol. The van der Waals surface area contributed by atoms with E-state index in [9.17, 15) is 5.11 Å². The number of hydrogen-bond acceptors (Lipinski definition) is 7. The van der Waals surface area contributed by atoms with Gasteiger partial charge in [0.2, 0.25) is 11.5 Å². The second kappa shape index (κ2) is 8.98. The Hall–Kier alpha value is -3.06. The van der Waals surface area contributed by atoms with Gasteiger partial charge in [-0.2, -0.15) is 0 Å². The average molecular weight is 430 g/mol. The van der Waals surface area contributed by atoms with Gasteiger partial charge in [0, 0.05) is 16.7 Å². The third-order valence-corrected chi connectivity index (χ3v) is 5.83. The van der Waals surface area contributed by atoms with Crippen LogP contribution in [0.15, 0.2) is 24.3 Å². The van der Waals surface area contributed by atoms with Gasteiger partial charge >= 0.3 is 0 Å². The molecule has 1 aliphatic rings. The highest BCUT2D eigenvalue weighted by Gasteiger charge is 2.35. The molecular formula is C24H30O7. The number of benzene rings is 2. The van der Waals surface area contributed by atoms with Crippen molar-refractivity contribution in [2.24, 2.45) is 5.92 Å². The normalized spacial score (nSPS) is 17.6. The first kappa shape index (κ1) is 22.6. The molecule has 1 N–H and O–H groups in total. The Morgan fingerprint density at radius 1 is 0.742 bits per heavy atom. The summed E-state index contributed by atoms with van der Waals surface area (Å²) in [5.41, 5.74) is 3.59. The smallest absolute Gasteiger partial charge is 0.203 e. The van der Waals surface area contributed by atoms with Crippen LogP contribution in [0.3, 0.4) is 0 Å². The van der Waals surface area contributed by atoms with Crippen molar-refractivity contribution in [3.63, 3.8) is 0 Å². The number of rotatable bonds is 6. The standard InChI is InChI=1S/C24H30O7/c1-12-9-14-10-16(26-3)21(28-5)23(30-7)18(14)19-15(20(25)13(12)2)11-17(27-4)22(29-6)24(19)31-8/h10-12,20,25H,2,9H2,1,3-8H3/t12-,20+/m0/s1. The van der Waals surface area contributed by atoms with E-state index in [-0.39, 0.29) is 5.92 Å². The minimum Gasteiger partial charge on any atom is -0.493 e. The molecule has 0 aromatic heterocycles. The fourth-order valence-corrected chi connectivity index (χ4v) is 4.22. The van der Waals surface area contributed by atoms with Gasteiger partial charge in [0.05, 0.1) is 42.7 Å². The number of aliphatic hydroxyl groups excluding tert-OH is 1. The van der Waals surface area contributed by atoms with Crippen molar-refractivity contribution < 1.29 is 33.5 Å². The average Bonchev–Trinajstić information content (AvgIpc) is 2.79. The Morgan fingerprint density at radius 3 is 1.71 bits per heavy atom. The number of aliphatic hydroxyl groups is 1. The van der Waals surface area contributed by atoms with Crippen molar-refractivity contribution in [1.29, 1.82) is 0 Å². The summed E-state index contributed by atoms with van der Waals surface area (Å²) in [6.45, 7) is 6.20. The summed E-state index contributed by atoms with van der Waals surface area (Å²) in [5, 5.41) is 11.3. The molecule has 0 fully saturated rings. The maximum absolute atomic E-state index is 11.3. The molecule has 0 heterocycles. The van der Waals surface area contributed by atoms with Gasteiger partial charge in [-0.1, -0.05) is 13.5 Å². The van der Waals surface area contributed by atoms with Crippen LogP contribution in [-0.4, -0.2) is 47.8 Å². The van der Waals surface area contributed by atoms with Crippen LogP contribution in [0, 0.1) is 5.92 Å². The minimum absolute atomic E-state index is 0.0104. The van der Waals surface area contributed by atoms with Gasteiger partial charge in [0.25, 0.3) is 0 Å². The quantitative estimate of drug-likeness (QED) is 0.689. The lowest BCUT2D eigenvalue weighted by Crippen LogP contribution is -2.17. The van der Waals surface area contributed by atoms with Crippen molar-refractivity contribution in [2.45, 2.75) is 19.4 Å². The molecule has 0 bridgehead atoms. The SMILES string of the molecule is C=C1[C@@H](O)c2cc(OC)c(OC)c(OC)c2-c2c(cc(OC)c(OC)c2OC)C[C@@H]1C. The first-order valence-corrected chi connectivity index (χ1v) is 9.90. The number of ether oxygens (including phenoxy) is 6. The summed E-state index contributed by atoms with van der Waals surface area (Å²) in [4.78, 5) is 0. The summed E-state index contributed by atoms with van der Waals surface area (Å²) in [7, 11) is 9.34. The zero-order valence-corrected chi connectivity index (χ0v) is 19.1. The van der Waals surface area contributed by atoms with Gasteiger partial charge in [0.1, 0.15) is 6.10 Å². The fraction of sp³-hybridized carbons (Fsp3) is 0.417. The molecule has 0 spiro atoms. The largest absolute Gasteiger partial charge is 0.493 e. The van der Waals surface area contributed by atoms with Crippen LogP contribution in [0.1, 0.15) is 24.2 Å². The lowest BCUT2D eigenvalue weighted by molar-refractivity contribution is 0.201. The van der Waals surface area contributed by atoms with E-state index in [2.05, 4.69) is 6.58 Å². The van der Waals surface area contributed by atoms with Gasteiger partial charge in [-0.15, -0.1) is 0 Å². The van der Waals surface area contributed by atoms with Gasteiger partial charge in [-0.25, -0.2) is 0 Å². The Bertz CT molecular complexity index is 996. The second-order valence-corrected chi connectivity index (χ2v) is 7.37. The monoisotopic (exact) mass is 430 g/mol. The third-order valence-electron chi connectivity index (χ3n) is 5.83. The molecular weight excluding hydrogens is 400 g/mol. The van der Waals surface area contributed by atoms with Crippen LogP contribution < -0.4 is 28.4 Å². The number of methoxy groups -OCH3 is 6. The highest BCUT2D eigenvalue weighted by Crippen LogP contribution is 2.57. The lowest BCUT2D eigenvalue weighted by atomic mass is 9.79. The number of hydrogen-bond donors (Lipinski definition) is 1. The molecule has 0 saturated heterocycles. The Balaban J connectivity index is 2.58. The van der Waals surface area contributed by atoms with Crippen LogP contribution in [0.4, 0.5) is 0 Å². The van der Waals surface area contributed by atoms with E-state index in [1.807, 2.05) is 13.0 Å². The molecule has 168 valence electrons. The molecule has 7 nitrogen and oxygen atoms in total. The van der Waals surface area contributed by atoms with Crippen molar-refractivity contribution in [2.75, 3.05) is 42.7 Å². The summed E-state index contributed by atoms with van der Waals surface area (Å²) in [6.07, 6.45) is -0.330. The Kier molecular flexibility index (Phi) is 6.55. The first-order valence-electron chi connectivity index (χ1n) is 9.90. The number of fused-ring (bicyclic) bond motifs is 3. The van der Waals surface area contributed by atoms with Crippen LogP contribution in [0.2, 0.25) is 0 Å². The van der Waals surface area contributed by atoms with Crippen LogP contribution in [0.25, 0.3) is 11.1 Å². The van der Waals surface area contributed by atoms with E-state index >= 15 is 0 Å². The zero-order chi connectivity index (χ0) is 22.9. The van der Waals surface area contributed by atoms with Crippen molar-refractivity contribution in [3.05, 3.63) is 35.4 Å². The second-order valence-electron chi connectivity index (χ2n) is 7.37. The summed E-state index contributed by atoms with van der Waals surface area (Å²) < 4.78 is 34.0. The molecule has 2 atom stereocenters. The molecule has 0 amide bonds. The van der Waals surface area contributed by atoms with E-state index in [1.54, 1.807) is 48.7 Å². The summed E-state index contributed by atoms with van der Waals surface area (Å²) >= 11 is 0. The summed E-state index contributed by atoms with van der Waals surface area (Å²) in [6, 6.07) is 3.68. The molecule has 3 rings (SSSR count). The molecule has 1 aliphatic carbocycles. The maximum atomic E-state index is 11.3. The van der Waals surface area contributed by atoms with E-state index in [4.69, 9.17) is 28.4 Å². The molecule has 0 radical (unpaired) electrons. The Morgan fingerprint density at radius 2 is 1.23 bits per heavy atom. The van der Waals surface area contributed by atoms with Crippen molar-refractivity contribution >= 4 is 0 Å². The van der Waals surface area contributed by atoms with Gasteiger partial charge in [0.15, 0.2) is 23.0 Å². The molecule has 0 unspecified atom stereocenters. The van der Waals surface area contributed by atoms with E-state index in [0.717, 1.165) is 11.1 Å². The highest BCUT2D eigenvalue weighted by molar-refractivity contribution is 5.89. The maximum Gasteiger partial charge on any atom is 0.203 e. The molecule has 7 heteroatoms. The lowest BCUT2D eigenvalue weighted by Gasteiger charge is -2.31. The topological polar surface area (TPSA) is 75.6 Å². The Labute approximate surface area is 183 Å². The van der Waals surface area contributed by atoms with Crippen LogP contribution in [-0.2, 0) is 6.42 Å². The molecule has 2 aromatic rings. The molecule has 0 saturated carbocycles. The third kappa shape index (κ3) is 3.53. The van der Waals surface area contributed by atoms with E-state index < -0.39 is 6.10 Å². The van der Waals surface area contributed by atoms with Gasteiger partial charge in [-0.3, -0.25) is 0 Å². The van der Waals surface area contributed by atoms with Crippen LogP contribution in [0.5, 0.6) is 34.5 Å². The summed E-state index contributed by atoms with van der Waals surface area (Å²) in [5.74, 6) is 2.76. The van der Waals surface area contributed by atoms with Crippen LogP contribution >= 0.6 is 0 Å². The molecule has 31 heavy (non-hydrogen) atoms. The van der Waals surface area contributed by atoms with Gasteiger partial charge in [-0.05, 0) is 35.6 Å². The van der Waals surface area contributed by atoms with Gasteiger partial charge < -0.3 is 33.5 Å². The first-order chi connectivity index (χ1) is 14.9. The zero-order valence-electron chi connectivity index (χ0n) is 19.1. The fourth-order valence-electron chi connectivity index (χ4n) is 4.22. The van der Waals surface area contributed by atoms with Crippen molar-refractivity contribution in [3.8, 4) is 45.6 Å². The highest BCUT2D eigenvalue weighted by atomic mass is 16.5. The van der Waals surface area contributed by atoms with E-state index in [1.165, 1.54) is 0 Å². The minimum atomic E-state index is -0.940.